The topological polar surface area (TPSA) is 75.5 Å². The van der Waals surface area contributed by atoms with Gasteiger partial charge in [0.2, 0.25) is 15.9 Å². The van der Waals surface area contributed by atoms with Gasteiger partial charge in [-0.15, -0.1) is 0 Å². The zero-order chi connectivity index (χ0) is 21.5. The van der Waals surface area contributed by atoms with Crippen LogP contribution in [-0.4, -0.2) is 52.7 Å². The van der Waals surface area contributed by atoms with Gasteiger partial charge >= 0.3 is 0 Å². The minimum Gasteiger partial charge on any atom is -0.342 e. The van der Waals surface area contributed by atoms with Crippen molar-refractivity contribution in [1.29, 1.82) is 0 Å². The van der Waals surface area contributed by atoms with Crippen molar-refractivity contribution >= 4 is 15.9 Å². The Hall–Kier alpha value is -2.19. The third-order valence-corrected chi connectivity index (χ3v) is 8.01. The summed E-state index contributed by atoms with van der Waals surface area (Å²) in [4.78, 5) is 19.5. The highest BCUT2D eigenvalue weighted by atomic mass is 32.2. The molecule has 1 atom stereocenters. The molecule has 30 heavy (non-hydrogen) atoms. The summed E-state index contributed by atoms with van der Waals surface area (Å²) in [7, 11) is -3.63. The van der Waals surface area contributed by atoms with Gasteiger partial charge in [0.1, 0.15) is 5.82 Å². The molecule has 2 aromatic rings. The first kappa shape index (κ1) is 21.1. The lowest BCUT2D eigenvalue weighted by molar-refractivity contribution is -0.131. The van der Waals surface area contributed by atoms with Crippen LogP contribution in [0, 0.1) is 13.8 Å². The number of benzene rings is 1. The van der Waals surface area contributed by atoms with Gasteiger partial charge in [0.15, 0.2) is 0 Å². The van der Waals surface area contributed by atoms with E-state index in [1.165, 1.54) is 10.7 Å². The second-order valence-corrected chi connectivity index (χ2v) is 10.4. The number of imidazole rings is 1. The summed E-state index contributed by atoms with van der Waals surface area (Å²) in [6.45, 7) is 8.26. The number of sulfonamides is 1. The lowest BCUT2D eigenvalue weighted by Crippen LogP contribution is -2.41. The molecule has 4 rings (SSSR count). The molecule has 0 saturated carbocycles. The zero-order valence-electron chi connectivity index (χ0n) is 18.0. The molecule has 0 N–H and O–H groups in total. The quantitative estimate of drug-likeness (QED) is 0.748. The summed E-state index contributed by atoms with van der Waals surface area (Å²) < 4.78 is 30.2. The monoisotopic (exact) mass is 430 g/mol. The van der Waals surface area contributed by atoms with Crippen molar-refractivity contribution < 1.29 is 13.2 Å². The molecular formula is C22H30N4O3S. The van der Waals surface area contributed by atoms with Crippen molar-refractivity contribution in [3.05, 3.63) is 47.0 Å². The normalized spacial score (nSPS) is 20.2. The highest BCUT2D eigenvalue weighted by Crippen LogP contribution is 2.31. The Bertz CT molecular complexity index is 1030. The molecule has 1 unspecified atom stereocenters. The number of carbonyl (C=O) groups excluding carboxylic acids is 1. The summed E-state index contributed by atoms with van der Waals surface area (Å²) >= 11 is 0. The van der Waals surface area contributed by atoms with E-state index in [4.69, 9.17) is 0 Å². The minimum atomic E-state index is -3.63. The maximum atomic E-state index is 13.3. The fourth-order valence-electron chi connectivity index (χ4n) is 4.57. The van der Waals surface area contributed by atoms with E-state index in [-0.39, 0.29) is 18.4 Å². The number of aromatic nitrogens is 2. The van der Waals surface area contributed by atoms with Crippen LogP contribution in [0.3, 0.4) is 0 Å². The van der Waals surface area contributed by atoms with Gasteiger partial charge < -0.3 is 9.47 Å². The molecule has 1 saturated heterocycles. The van der Waals surface area contributed by atoms with Gasteiger partial charge in [-0.2, -0.15) is 4.31 Å². The van der Waals surface area contributed by atoms with Crippen LogP contribution in [0.2, 0.25) is 0 Å². The van der Waals surface area contributed by atoms with Crippen LogP contribution < -0.4 is 0 Å². The van der Waals surface area contributed by atoms with Gasteiger partial charge in [0.05, 0.1) is 23.1 Å². The van der Waals surface area contributed by atoms with Crippen LogP contribution in [0.1, 0.15) is 54.9 Å². The number of hydrogen-bond acceptors (Lipinski definition) is 4. The van der Waals surface area contributed by atoms with Crippen molar-refractivity contribution in [3.63, 3.8) is 0 Å². The molecule has 0 bridgehead atoms. The number of amides is 1. The van der Waals surface area contributed by atoms with Crippen LogP contribution in [-0.2, 0) is 27.8 Å². The van der Waals surface area contributed by atoms with Crippen LogP contribution in [0.15, 0.2) is 29.3 Å². The molecule has 0 radical (unpaired) electrons. The molecule has 1 amide bonds. The Kier molecular flexibility index (Phi) is 5.72. The Labute approximate surface area is 178 Å². The smallest absolute Gasteiger partial charge is 0.243 e. The van der Waals surface area contributed by atoms with Crippen molar-refractivity contribution in [2.24, 2.45) is 0 Å². The number of aryl methyl sites for hydroxylation is 2. The van der Waals surface area contributed by atoms with E-state index in [0.717, 1.165) is 42.8 Å². The molecular weight excluding hydrogens is 400 g/mol. The van der Waals surface area contributed by atoms with Crippen molar-refractivity contribution in [2.75, 3.05) is 19.6 Å². The van der Waals surface area contributed by atoms with E-state index in [9.17, 15) is 13.2 Å². The second-order valence-electron chi connectivity index (χ2n) is 8.52. The molecule has 1 fully saturated rings. The van der Waals surface area contributed by atoms with Gasteiger partial charge in [-0.05, 0) is 63.3 Å². The number of likely N-dealkylation sites (tertiary alicyclic amines) is 1. The zero-order valence-corrected chi connectivity index (χ0v) is 18.8. The van der Waals surface area contributed by atoms with Crippen LogP contribution >= 0.6 is 0 Å². The van der Waals surface area contributed by atoms with E-state index in [2.05, 4.69) is 4.98 Å². The molecule has 1 aromatic heterocycles. The van der Waals surface area contributed by atoms with Gasteiger partial charge in [-0.1, -0.05) is 6.07 Å². The lowest BCUT2D eigenvalue weighted by Gasteiger charge is -2.32. The number of fused-ring (bicyclic) bond motifs is 1. The molecule has 2 aliphatic rings. The fraction of sp³-hybridized carbons (Fsp3) is 0.545. The van der Waals surface area contributed by atoms with Crippen molar-refractivity contribution in [2.45, 2.75) is 63.9 Å². The van der Waals surface area contributed by atoms with E-state index < -0.39 is 10.0 Å². The number of nitrogens with zero attached hydrogens (tertiary/aromatic N) is 4. The number of piperidine rings is 1. The first-order chi connectivity index (χ1) is 14.3. The molecule has 1 aromatic carbocycles. The van der Waals surface area contributed by atoms with E-state index in [1.54, 1.807) is 12.1 Å². The van der Waals surface area contributed by atoms with E-state index in [1.807, 2.05) is 42.5 Å². The van der Waals surface area contributed by atoms with E-state index >= 15 is 0 Å². The van der Waals surface area contributed by atoms with Crippen LogP contribution in [0.5, 0.6) is 0 Å². The Balaban J connectivity index is 1.55. The van der Waals surface area contributed by atoms with Gasteiger partial charge in [-0.25, -0.2) is 13.4 Å². The molecule has 0 aliphatic carbocycles. The van der Waals surface area contributed by atoms with E-state index in [0.29, 0.717) is 23.8 Å². The maximum absolute atomic E-state index is 13.3. The molecule has 162 valence electrons. The fourth-order valence-corrected chi connectivity index (χ4v) is 6.34. The molecule has 2 aliphatic heterocycles. The Morgan fingerprint density at radius 3 is 2.37 bits per heavy atom. The average Bonchev–Trinajstić information content (AvgIpc) is 3.11. The predicted molar refractivity (Wildman–Crippen MR) is 115 cm³/mol. The van der Waals surface area contributed by atoms with Gasteiger partial charge in [-0.3, -0.25) is 4.79 Å². The second kappa shape index (κ2) is 8.15. The van der Waals surface area contributed by atoms with Gasteiger partial charge in [0, 0.05) is 32.4 Å². The number of carbonyl (C=O) groups is 1. The largest absolute Gasteiger partial charge is 0.342 e. The number of hydrogen-bond donors (Lipinski definition) is 0. The van der Waals surface area contributed by atoms with Crippen LogP contribution in [0.4, 0.5) is 0 Å². The molecule has 7 nitrogen and oxygen atoms in total. The van der Waals surface area contributed by atoms with Crippen LogP contribution in [0.25, 0.3) is 0 Å². The third kappa shape index (κ3) is 4.03. The summed E-state index contributed by atoms with van der Waals surface area (Å²) in [6.07, 6.45) is 5.50. The molecule has 0 spiro atoms. The molecule has 8 heteroatoms. The molecule has 3 heterocycles. The first-order valence-electron chi connectivity index (χ1n) is 10.7. The van der Waals surface area contributed by atoms with Gasteiger partial charge in [0.25, 0.3) is 0 Å². The minimum absolute atomic E-state index is 0.109. The highest BCUT2D eigenvalue weighted by molar-refractivity contribution is 7.89. The standard InChI is InChI=1S/C22H30N4O3S/c1-16-11-17(2)13-20(12-16)30(28,29)26-10-9-25-15-19(23-22(25)18(26)3)14-21(27)24-7-5-4-6-8-24/h11-13,15,18H,4-10,14H2,1-3H3. The van der Waals surface area contributed by atoms with Crippen molar-refractivity contribution in [3.8, 4) is 0 Å². The Morgan fingerprint density at radius 1 is 1.03 bits per heavy atom. The Morgan fingerprint density at radius 2 is 1.70 bits per heavy atom. The third-order valence-electron chi connectivity index (χ3n) is 6.07. The maximum Gasteiger partial charge on any atom is 0.243 e. The SMILES string of the molecule is Cc1cc(C)cc(S(=O)(=O)N2CCn3cc(CC(=O)N4CCCCC4)nc3C2C)c1. The summed E-state index contributed by atoms with van der Waals surface area (Å²) in [6, 6.07) is 5.03. The summed E-state index contributed by atoms with van der Waals surface area (Å²) in [5.41, 5.74) is 2.58. The number of rotatable bonds is 4. The summed E-state index contributed by atoms with van der Waals surface area (Å²) in [5, 5.41) is 0. The summed E-state index contributed by atoms with van der Waals surface area (Å²) in [5.74, 6) is 0.813. The predicted octanol–water partition coefficient (Wildman–Crippen LogP) is 2.82. The first-order valence-corrected chi connectivity index (χ1v) is 12.1. The lowest BCUT2D eigenvalue weighted by atomic mass is 10.1. The van der Waals surface area contributed by atoms with Crippen molar-refractivity contribution in [1.82, 2.24) is 18.8 Å². The average molecular weight is 431 g/mol. The highest BCUT2D eigenvalue weighted by Gasteiger charge is 2.36.